The molecule has 0 unspecified atom stereocenters. The van der Waals surface area contributed by atoms with Crippen molar-refractivity contribution >= 4 is 29.4 Å². The highest BCUT2D eigenvalue weighted by Gasteiger charge is 2.20. The van der Waals surface area contributed by atoms with Gasteiger partial charge in [-0.1, -0.05) is 17.7 Å². The molecule has 0 atom stereocenters. The summed E-state index contributed by atoms with van der Waals surface area (Å²) >= 11 is 6.13. The highest BCUT2D eigenvalue weighted by molar-refractivity contribution is 6.31. The van der Waals surface area contributed by atoms with Crippen molar-refractivity contribution < 1.29 is 9.72 Å². The lowest BCUT2D eigenvalue weighted by Crippen LogP contribution is -2.31. The molecule has 10 nitrogen and oxygen atoms in total. The molecule has 1 N–H and O–H groups in total. The van der Waals surface area contributed by atoms with Crippen LogP contribution in [0.5, 0.6) is 0 Å². The van der Waals surface area contributed by atoms with Crippen molar-refractivity contribution in [2.45, 2.75) is 13.8 Å². The summed E-state index contributed by atoms with van der Waals surface area (Å²) in [5.41, 5.74) is 2.82. The molecule has 0 aliphatic heterocycles. The summed E-state index contributed by atoms with van der Waals surface area (Å²) in [6, 6.07) is 12.1. The lowest BCUT2D eigenvalue weighted by Gasteiger charge is -2.11. The maximum atomic E-state index is 12.7. The predicted molar refractivity (Wildman–Crippen MR) is 117 cm³/mol. The van der Waals surface area contributed by atoms with Crippen LogP contribution < -0.4 is 11.0 Å². The van der Waals surface area contributed by atoms with Gasteiger partial charge in [-0.05, 0) is 49.2 Å². The Bertz CT molecular complexity index is 1360. The Morgan fingerprint density at radius 2 is 1.97 bits per heavy atom. The molecule has 1 amide bonds. The number of carbonyl (C=O) groups excluding carboxylic acids is 1. The fourth-order valence-corrected chi connectivity index (χ4v) is 2.92. The van der Waals surface area contributed by atoms with Crippen LogP contribution in [-0.4, -0.2) is 26.8 Å². The average molecular weight is 451 g/mol. The summed E-state index contributed by atoms with van der Waals surface area (Å²) in [6.45, 7) is 3.23. The largest absolute Gasteiger partial charge is 0.292 e. The van der Waals surface area contributed by atoms with Crippen molar-refractivity contribution in [3.05, 3.63) is 95.9 Å². The normalized spacial score (nSPS) is 10.7. The molecular weight excluding hydrogens is 436 g/mol. The molecule has 0 fully saturated rings. The number of hydrogen-bond donors (Lipinski definition) is 1. The third-order valence-corrected chi connectivity index (χ3v) is 4.95. The summed E-state index contributed by atoms with van der Waals surface area (Å²) in [5.74, 6) is -0.746. The highest BCUT2D eigenvalue weighted by Crippen LogP contribution is 2.19. The highest BCUT2D eigenvalue weighted by atomic mass is 35.5. The van der Waals surface area contributed by atoms with Gasteiger partial charge < -0.3 is 0 Å². The van der Waals surface area contributed by atoms with E-state index in [0.717, 1.165) is 10.2 Å². The average Bonchev–Trinajstić information content (AvgIpc) is 2.76. The number of nitro groups is 1. The summed E-state index contributed by atoms with van der Waals surface area (Å²) in [6.07, 6.45) is 1.29. The number of carbonyl (C=O) groups is 1. The monoisotopic (exact) mass is 450 g/mol. The van der Waals surface area contributed by atoms with Gasteiger partial charge in [0.15, 0.2) is 5.69 Å². The predicted octanol–water partition coefficient (Wildman–Crippen LogP) is 3.05. The topological polar surface area (TPSA) is 143 Å². The van der Waals surface area contributed by atoms with Crippen LogP contribution in [-0.2, 0) is 0 Å². The van der Waals surface area contributed by atoms with Crippen LogP contribution in [0.4, 0.5) is 5.69 Å². The third kappa shape index (κ3) is 4.53. The first-order chi connectivity index (χ1) is 15.2. The van der Waals surface area contributed by atoms with Crippen LogP contribution in [0.2, 0.25) is 5.02 Å². The SMILES string of the molecule is Cc1ccc(-n2nc(C(=O)N/N=C/c3ccc([N+](=O)[O-])cc3)c(C)c(C#N)c2=O)cc1Cl. The number of hydrogen-bond acceptors (Lipinski definition) is 7. The van der Waals surface area contributed by atoms with Gasteiger partial charge in [0.05, 0.1) is 16.8 Å². The number of nitrogens with one attached hydrogen (secondary N) is 1. The first-order valence-electron chi connectivity index (χ1n) is 9.11. The van der Waals surface area contributed by atoms with Crippen molar-refractivity contribution in [1.82, 2.24) is 15.2 Å². The number of rotatable bonds is 5. The maximum absolute atomic E-state index is 12.7. The van der Waals surface area contributed by atoms with Crippen molar-refractivity contribution in [3.8, 4) is 11.8 Å². The molecule has 0 spiro atoms. The van der Waals surface area contributed by atoms with Crippen molar-refractivity contribution in [2.24, 2.45) is 5.10 Å². The zero-order valence-electron chi connectivity index (χ0n) is 16.9. The van der Waals surface area contributed by atoms with Crippen LogP contribution >= 0.6 is 11.6 Å². The zero-order valence-corrected chi connectivity index (χ0v) is 17.6. The quantitative estimate of drug-likeness (QED) is 0.359. The fourth-order valence-electron chi connectivity index (χ4n) is 2.74. The van der Waals surface area contributed by atoms with E-state index in [1.165, 1.54) is 43.5 Å². The fraction of sp³-hybridized carbons (Fsp3) is 0.0952. The van der Waals surface area contributed by atoms with Gasteiger partial charge >= 0.3 is 0 Å². The van der Waals surface area contributed by atoms with Gasteiger partial charge in [-0.3, -0.25) is 19.7 Å². The molecule has 3 rings (SSSR count). The van der Waals surface area contributed by atoms with Gasteiger partial charge in [-0.15, -0.1) is 0 Å². The number of non-ortho nitro benzene ring substituents is 1. The minimum Gasteiger partial charge on any atom is -0.266 e. The van der Waals surface area contributed by atoms with E-state index in [1.807, 2.05) is 6.07 Å². The number of amides is 1. The van der Waals surface area contributed by atoms with Crippen LogP contribution in [0.25, 0.3) is 5.69 Å². The lowest BCUT2D eigenvalue weighted by atomic mass is 10.1. The maximum Gasteiger partial charge on any atom is 0.292 e. The van der Waals surface area contributed by atoms with E-state index in [9.17, 15) is 25.0 Å². The van der Waals surface area contributed by atoms with E-state index < -0.39 is 16.4 Å². The number of nitro benzene ring substituents is 1. The van der Waals surface area contributed by atoms with E-state index >= 15 is 0 Å². The van der Waals surface area contributed by atoms with Gasteiger partial charge in [0.25, 0.3) is 17.2 Å². The number of nitriles is 1. The first-order valence-corrected chi connectivity index (χ1v) is 9.49. The van der Waals surface area contributed by atoms with E-state index in [2.05, 4.69) is 15.6 Å². The van der Waals surface area contributed by atoms with Crippen LogP contribution in [0.1, 0.15) is 32.7 Å². The molecule has 1 heterocycles. The first kappa shape index (κ1) is 22.3. The second-order valence-electron chi connectivity index (χ2n) is 6.66. The Labute approximate surface area is 186 Å². The summed E-state index contributed by atoms with van der Waals surface area (Å²) in [4.78, 5) is 35.5. The molecule has 3 aromatic rings. The minimum atomic E-state index is -0.746. The lowest BCUT2D eigenvalue weighted by molar-refractivity contribution is -0.384. The molecule has 2 aromatic carbocycles. The smallest absolute Gasteiger partial charge is 0.266 e. The molecule has 0 saturated heterocycles. The zero-order chi connectivity index (χ0) is 23.4. The Hall–Kier alpha value is -4.36. The number of aromatic nitrogens is 2. The second-order valence-corrected chi connectivity index (χ2v) is 7.07. The number of aryl methyl sites for hydroxylation is 1. The number of benzene rings is 2. The molecule has 0 radical (unpaired) electrons. The van der Waals surface area contributed by atoms with E-state index in [-0.39, 0.29) is 22.5 Å². The van der Waals surface area contributed by atoms with Crippen LogP contribution in [0.15, 0.2) is 52.4 Å². The minimum absolute atomic E-state index is 0.0755. The summed E-state index contributed by atoms with van der Waals surface area (Å²) in [5, 5.41) is 28.5. The molecule has 32 heavy (non-hydrogen) atoms. The Balaban J connectivity index is 1.93. The Kier molecular flexibility index (Phi) is 6.42. The summed E-state index contributed by atoms with van der Waals surface area (Å²) < 4.78 is 0.936. The molecule has 0 aliphatic carbocycles. The molecule has 11 heteroatoms. The van der Waals surface area contributed by atoms with Crippen LogP contribution in [0, 0.1) is 35.3 Å². The molecule has 1 aromatic heterocycles. The Morgan fingerprint density at radius 3 is 2.56 bits per heavy atom. The molecule has 160 valence electrons. The van der Waals surface area contributed by atoms with Gasteiger partial charge in [0.1, 0.15) is 11.6 Å². The summed E-state index contributed by atoms with van der Waals surface area (Å²) in [7, 11) is 0. The molecule has 0 bridgehead atoms. The van der Waals surface area contributed by atoms with Crippen molar-refractivity contribution in [2.75, 3.05) is 0 Å². The third-order valence-electron chi connectivity index (χ3n) is 4.55. The number of nitrogens with zero attached hydrogens (tertiary/aromatic N) is 5. The molecule has 0 aliphatic rings. The van der Waals surface area contributed by atoms with Gasteiger partial charge in [0, 0.05) is 22.7 Å². The van der Waals surface area contributed by atoms with Gasteiger partial charge in [-0.2, -0.15) is 20.1 Å². The second kappa shape index (κ2) is 9.20. The molecular formula is C21H15ClN6O4. The molecule has 0 saturated carbocycles. The number of hydrazone groups is 1. The van der Waals surface area contributed by atoms with Crippen molar-refractivity contribution in [1.29, 1.82) is 5.26 Å². The van der Waals surface area contributed by atoms with Crippen molar-refractivity contribution in [3.63, 3.8) is 0 Å². The number of halogens is 1. The van der Waals surface area contributed by atoms with Gasteiger partial charge in [-0.25, -0.2) is 5.43 Å². The van der Waals surface area contributed by atoms with Crippen LogP contribution in [0.3, 0.4) is 0 Å². The van der Waals surface area contributed by atoms with E-state index in [1.54, 1.807) is 19.1 Å². The van der Waals surface area contributed by atoms with E-state index in [0.29, 0.717) is 16.3 Å². The standard InChI is InChI=1S/C21H15ClN6O4/c1-12-3-6-16(9-18(12)22)27-21(30)17(10-23)13(2)19(26-27)20(29)25-24-11-14-4-7-15(8-5-14)28(31)32/h3-9,11H,1-2H3,(H,25,29)/b24-11+. The Morgan fingerprint density at radius 1 is 1.28 bits per heavy atom. The van der Waals surface area contributed by atoms with E-state index in [4.69, 9.17) is 11.6 Å². The van der Waals surface area contributed by atoms with Gasteiger partial charge in [0.2, 0.25) is 0 Å².